The van der Waals surface area contributed by atoms with Crippen molar-refractivity contribution in [1.29, 1.82) is 0 Å². The molecule has 0 spiro atoms. The summed E-state index contributed by atoms with van der Waals surface area (Å²) < 4.78 is 11.3. The number of likely N-dealkylation sites (tertiary alicyclic amines) is 1. The first-order valence-electron chi connectivity index (χ1n) is 13.3. The van der Waals surface area contributed by atoms with Crippen LogP contribution in [0.5, 0.6) is 5.75 Å². The van der Waals surface area contributed by atoms with Gasteiger partial charge in [-0.3, -0.25) is 19.5 Å². The van der Waals surface area contributed by atoms with Gasteiger partial charge in [-0.1, -0.05) is 29.8 Å². The number of ketones is 1. The van der Waals surface area contributed by atoms with Crippen LogP contribution in [0.1, 0.15) is 34.7 Å². The Bertz CT molecular complexity index is 1330. The Labute approximate surface area is 228 Å². The van der Waals surface area contributed by atoms with Gasteiger partial charge < -0.3 is 19.5 Å². The molecule has 0 aliphatic carbocycles. The van der Waals surface area contributed by atoms with Gasteiger partial charge in [-0.25, -0.2) is 0 Å². The van der Waals surface area contributed by atoms with Crippen molar-refractivity contribution in [1.82, 2.24) is 14.8 Å². The lowest BCUT2D eigenvalue weighted by Crippen LogP contribution is -2.38. The summed E-state index contributed by atoms with van der Waals surface area (Å²) in [7, 11) is 0. The number of hydrogen-bond acceptors (Lipinski definition) is 7. The molecule has 2 aromatic carbocycles. The normalized spacial score (nSPS) is 19.4. The number of ether oxygens (including phenoxy) is 2. The van der Waals surface area contributed by atoms with Gasteiger partial charge in [-0.05, 0) is 60.9 Å². The minimum atomic E-state index is -0.685. The Morgan fingerprint density at radius 3 is 2.49 bits per heavy atom. The van der Waals surface area contributed by atoms with E-state index < -0.39 is 17.7 Å². The molecule has 202 valence electrons. The van der Waals surface area contributed by atoms with Gasteiger partial charge in [-0.15, -0.1) is 0 Å². The van der Waals surface area contributed by atoms with E-state index in [0.29, 0.717) is 44.1 Å². The summed E-state index contributed by atoms with van der Waals surface area (Å²) in [5.41, 5.74) is 3.50. The van der Waals surface area contributed by atoms with Crippen molar-refractivity contribution in [2.24, 2.45) is 0 Å². The zero-order valence-electron chi connectivity index (χ0n) is 22.1. The molecule has 2 aliphatic heterocycles. The lowest BCUT2D eigenvalue weighted by Gasteiger charge is -2.29. The maximum atomic E-state index is 13.3. The third kappa shape index (κ3) is 6.19. The van der Waals surface area contributed by atoms with Crippen molar-refractivity contribution in [2.75, 3.05) is 39.4 Å². The molecule has 1 amide bonds. The van der Waals surface area contributed by atoms with E-state index >= 15 is 0 Å². The SMILES string of the molecule is Cc1cccc(COc2ccc(/C(O)=C3\C(=O)C(=O)N(CCCN4CCOCC4)[C@@H]3c3ccncc3)cc2)c1. The highest BCUT2D eigenvalue weighted by molar-refractivity contribution is 6.46. The minimum Gasteiger partial charge on any atom is -0.507 e. The van der Waals surface area contributed by atoms with Crippen molar-refractivity contribution in [3.63, 3.8) is 0 Å². The predicted molar refractivity (Wildman–Crippen MR) is 147 cm³/mol. The van der Waals surface area contributed by atoms with E-state index in [1.165, 1.54) is 0 Å². The Hall–Kier alpha value is -4.01. The number of aliphatic hydroxyl groups excluding tert-OH is 1. The molecular weight excluding hydrogens is 494 g/mol. The van der Waals surface area contributed by atoms with Crippen LogP contribution in [0.4, 0.5) is 0 Å². The van der Waals surface area contributed by atoms with E-state index in [-0.39, 0.29) is 11.3 Å². The number of aryl methyl sites for hydroxylation is 1. The van der Waals surface area contributed by atoms with Crippen LogP contribution in [0.25, 0.3) is 5.76 Å². The summed E-state index contributed by atoms with van der Waals surface area (Å²) in [6.45, 7) is 6.79. The maximum absolute atomic E-state index is 13.3. The number of pyridine rings is 1. The van der Waals surface area contributed by atoms with Crippen molar-refractivity contribution < 1.29 is 24.2 Å². The first-order chi connectivity index (χ1) is 19.0. The number of morpholine rings is 1. The van der Waals surface area contributed by atoms with E-state index in [4.69, 9.17) is 9.47 Å². The van der Waals surface area contributed by atoms with Gasteiger partial charge in [0.1, 0.15) is 18.1 Å². The first-order valence-corrected chi connectivity index (χ1v) is 13.3. The maximum Gasteiger partial charge on any atom is 0.295 e. The summed E-state index contributed by atoms with van der Waals surface area (Å²) in [5, 5.41) is 11.3. The number of Topliss-reactive ketones (excluding diaryl/α,β-unsaturated/α-hetero) is 1. The number of aliphatic hydroxyl groups is 1. The van der Waals surface area contributed by atoms with Crippen molar-refractivity contribution in [3.05, 3.63) is 101 Å². The molecule has 5 rings (SSSR count). The molecule has 0 bridgehead atoms. The molecule has 1 N–H and O–H groups in total. The molecule has 2 fully saturated rings. The van der Waals surface area contributed by atoms with E-state index in [9.17, 15) is 14.7 Å². The van der Waals surface area contributed by atoms with Crippen LogP contribution in [0, 0.1) is 6.92 Å². The Morgan fingerprint density at radius 1 is 1.03 bits per heavy atom. The number of amides is 1. The molecule has 3 aromatic rings. The van der Waals surface area contributed by atoms with Crippen molar-refractivity contribution in [2.45, 2.75) is 26.0 Å². The topological polar surface area (TPSA) is 92.2 Å². The van der Waals surface area contributed by atoms with Crippen molar-refractivity contribution >= 4 is 17.4 Å². The van der Waals surface area contributed by atoms with Crippen LogP contribution >= 0.6 is 0 Å². The number of nitrogens with zero attached hydrogens (tertiary/aromatic N) is 3. The lowest BCUT2D eigenvalue weighted by atomic mass is 9.96. The van der Waals surface area contributed by atoms with E-state index in [1.54, 1.807) is 53.7 Å². The van der Waals surface area contributed by atoms with Crippen LogP contribution in [-0.2, 0) is 20.9 Å². The number of hydrogen-bond donors (Lipinski definition) is 1. The molecule has 0 unspecified atom stereocenters. The second kappa shape index (κ2) is 12.2. The highest BCUT2D eigenvalue weighted by atomic mass is 16.5. The molecule has 0 radical (unpaired) electrons. The van der Waals surface area contributed by atoms with Gasteiger partial charge in [0.15, 0.2) is 0 Å². The molecular formula is C31H33N3O5. The van der Waals surface area contributed by atoms with Crippen LogP contribution in [0.3, 0.4) is 0 Å². The largest absolute Gasteiger partial charge is 0.507 e. The fourth-order valence-corrected chi connectivity index (χ4v) is 5.13. The summed E-state index contributed by atoms with van der Waals surface area (Å²) >= 11 is 0. The van der Waals surface area contributed by atoms with Gasteiger partial charge in [0.25, 0.3) is 11.7 Å². The number of benzene rings is 2. The zero-order chi connectivity index (χ0) is 27.2. The summed E-state index contributed by atoms with van der Waals surface area (Å²) in [6.07, 6.45) is 3.97. The third-order valence-corrected chi connectivity index (χ3v) is 7.15. The van der Waals surface area contributed by atoms with Crippen LogP contribution in [0.2, 0.25) is 0 Å². The Morgan fingerprint density at radius 2 is 1.77 bits per heavy atom. The second-order valence-electron chi connectivity index (χ2n) is 9.88. The highest BCUT2D eigenvalue weighted by Crippen LogP contribution is 2.39. The Balaban J connectivity index is 1.36. The zero-order valence-corrected chi connectivity index (χ0v) is 22.1. The molecule has 3 heterocycles. The van der Waals surface area contributed by atoms with Crippen LogP contribution in [-0.4, -0.2) is 71.0 Å². The standard InChI is InChI=1S/C31H33N3O5/c1-22-4-2-5-23(20-22)21-39-26-8-6-25(7-9-26)29(35)27-28(24-10-12-32-13-11-24)34(31(37)30(27)36)15-3-14-33-16-18-38-19-17-33/h2,4-13,20,28,35H,3,14-19,21H2,1H3/b29-27+/t28-/m1/s1. The quantitative estimate of drug-likeness (QED) is 0.254. The number of rotatable bonds is 9. The van der Waals surface area contributed by atoms with E-state index in [2.05, 4.69) is 16.0 Å². The first kappa shape index (κ1) is 26.6. The monoisotopic (exact) mass is 527 g/mol. The summed E-state index contributed by atoms with van der Waals surface area (Å²) in [6, 6.07) is 17.9. The molecule has 8 nitrogen and oxygen atoms in total. The summed E-state index contributed by atoms with van der Waals surface area (Å²) in [5.74, 6) is -0.836. The van der Waals surface area contributed by atoms with E-state index in [0.717, 1.165) is 36.3 Å². The number of carbonyl (C=O) groups is 2. The number of aromatic nitrogens is 1. The summed E-state index contributed by atoms with van der Waals surface area (Å²) in [4.78, 5) is 34.4. The van der Waals surface area contributed by atoms with Gasteiger partial charge >= 0.3 is 0 Å². The van der Waals surface area contributed by atoms with Gasteiger partial charge in [0.05, 0.1) is 24.8 Å². The van der Waals surface area contributed by atoms with Gasteiger partial charge in [0, 0.05) is 44.1 Å². The molecule has 39 heavy (non-hydrogen) atoms. The van der Waals surface area contributed by atoms with Crippen LogP contribution < -0.4 is 4.74 Å². The van der Waals surface area contributed by atoms with Gasteiger partial charge in [0.2, 0.25) is 0 Å². The van der Waals surface area contributed by atoms with Gasteiger partial charge in [-0.2, -0.15) is 0 Å². The second-order valence-corrected chi connectivity index (χ2v) is 9.88. The fraction of sp³-hybridized carbons (Fsp3) is 0.323. The predicted octanol–water partition coefficient (Wildman–Crippen LogP) is 4.11. The van der Waals surface area contributed by atoms with Crippen molar-refractivity contribution in [3.8, 4) is 5.75 Å². The fourth-order valence-electron chi connectivity index (χ4n) is 5.13. The highest BCUT2D eigenvalue weighted by Gasteiger charge is 2.45. The third-order valence-electron chi connectivity index (χ3n) is 7.15. The molecule has 1 aromatic heterocycles. The molecule has 2 aliphatic rings. The minimum absolute atomic E-state index is 0.0889. The molecule has 1 atom stereocenters. The smallest absolute Gasteiger partial charge is 0.295 e. The Kier molecular flexibility index (Phi) is 8.34. The average molecular weight is 528 g/mol. The molecule has 2 saturated heterocycles. The van der Waals surface area contributed by atoms with Crippen LogP contribution in [0.15, 0.2) is 78.6 Å². The van der Waals surface area contributed by atoms with E-state index in [1.807, 2.05) is 25.1 Å². The number of carbonyl (C=O) groups excluding carboxylic acids is 2. The lowest BCUT2D eigenvalue weighted by molar-refractivity contribution is -0.140. The molecule has 8 heteroatoms. The average Bonchev–Trinajstić information content (AvgIpc) is 3.22. The molecule has 0 saturated carbocycles.